The SMILES string of the molecule is Cc1c(S(=O)(=O)NC2CCN(CC(=O)O)CC2)sc2ccc(C#N)cc12. The third-order valence-electron chi connectivity index (χ3n) is 4.53. The Morgan fingerprint density at radius 3 is 2.73 bits per heavy atom. The monoisotopic (exact) mass is 393 g/mol. The van der Waals surface area contributed by atoms with Crippen molar-refractivity contribution in [2.75, 3.05) is 19.6 Å². The maximum atomic E-state index is 12.8. The number of carboxylic acid groups (broad SMARTS) is 1. The van der Waals surface area contributed by atoms with E-state index < -0.39 is 16.0 Å². The number of sulfonamides is 1. The Labute approximate surface area is 155 Å². The van der Waals surface area contributed by atoms with Crippen LogP contribution in [0.2, 0.25) is 0 Å². The number of likely N-dealkylation sites (tertiary alicyclic amines) is 1. The van der Waals surface area contributed by atoms with Crippen molar-refractivity contribution in [1.82, 2.24) is 9.62 Å². The summed E-state index contributed by atoms with van der Waals surface area (Å²) in [5.41, 5.74) is 1.15. The number of aliphatic carboxylic acids is 1. The molecule has 2 N–H and O–H groups in total. The first-order valence-corrected chi connectivity index (χ1v) is 10.5. The van der Waals surface area contributed by atoms with Crippen LogP contribution in [-0.2, 0) is 14.8 Å². The second-order valence-corrected chi connectivity index (χ2v) is 9.36. The Hall–Kier alpha value is -1.99. The number of hydrogen-bond acceptors (Lipinski definition) is 6. The summed E-state index contributed by atoms with van der Waals surface area (Å²) in [4.78, 5) is 12.6. The molecule has 0 saturated carbocycles. The molecule has 0 unspecified atom stereocenters. The van der Waals surface area contributed by atoms with E-state index in [0.29, 0.717) is 37.1 Å². The van der Waals surface area contributed by atoms with E-state index in [0.717, 1.165) is 10.1 Å². The molecule has 26 heavy (non-hydrogen) atoms. The molecule has 1 fully saturated rings. The van der Waals surface area contributed by atoms with Crippen molar-refractivity contribution in [2.24, 2.45) is 0 Å². The lowest BCUT2D eigenvalue weighted by Gasteiger charge is -2.30. The van der Waals surface area contributed by atoms with E-state index >= 15 is 0 Å². The predicted octanol–water partition coefficient (Wildman–Crippen LogP) is 1.91. The number of nitriles is 1. The van der Waals surface area contributed by atoms with Crippen molar-refractivity contribution in [3.63, 3.8) is 0 Å². The number of nitrogens with one attached hydrogen (secondary N) is 1. The van der Waals surface area contributed by atoms with Crippen LogP contribution in [0.5, 0.6) is 0 Å². The van der Waals surface area contributed by atoms with Crippen LogP contribution in [0.25, 0.3) is 10.1 Å². The molecule has 1 aromatic carbocycles. The zero-order chi connectivity index (χ0) is 18.9. The summed E-state index contributed by atoms with van der Waals surface area (Å²) in [7, 11) is -3.66. The van der Waals surface area contributed by atoms with Gasteiger partial charge in [-0.05, 0) is 48.9 Å². The van der Waals surface area contributed by atoms with Crippen LogP contribution in [0.1, 0.15) is 24.0 Å². The number of benzene rings is 1. The third kappa shape index (κ3) is 3.88. The topological polar surface area (TPSA) is 110 Å². The molecule has 2 heterocycles. The maximum Gasteiger partial charge on any atom is 0.317 e. The zero-order valence-electron chi connectivity index (χ0n) is 14.2. The number of fused-ring (bicyclic) bond motifs is 1. The van der Waals surface area contributed by atoms with Gasteiger partial charge in [0.05, 0.1) is 18.2 Å². The van der Waals surface area contributed by atoms with Gasteiger partial charge < -0.3 is 5.11 Å². The largest absolute Gasteiger partial charge is 0.480 e. The fourth-order valence-electron chi connectivity index (χ4n) is 3.20. The number of carbonyl (C=O) groups is 1. The highest BCUT2D eigenvalue weighted by Crippen LogP contribution is 2.34. The molecule has 0 radical (unpaired) electrons. The van der Waals surface area contributed by atoms with Crippen LogP contribution < -0.4 is 4.72 Å². The van der Waals surface area contributed by atoms with Gasteiger partial charge >= 0.3 is 5.97 Å². The van der Waals surface area contributed by atoms with Crippen LogP contribution >= 0.6 is 11.3 Å². The van der Waals surface area contributed by atoms with E-state index in [4.69, 9.17) is 10.4 Å². The normalized spacial score (nSPS) is 16.6. The van der Waals surface area contributed by atoms with Gasteiger partial charge in [-0.3, -0.25) is 9.69 Å². The van der Waals surface area contributed by atoms with Crippen molar-refractivity contribution in [2.45, 2.75) is 30.0 Å². The van der Waals surface area contributed by atoms with Gasteiger partial charge in [0.25, 0.3) is 10.0 Å². The molecule has 1 saturated heterocycles. The molecule has 0 spiro atoms. The lowest BCUT2D eigenvalue weighted by molar-refractivity contribution is -0.138. The Morgan fingerprint density at radius 1 is 1.42 bits per heavy atom. The quantitative estimate of drug-likeness (QED) is 0.803. The Kier molecular flexibility index (Phi) is 5.29. The smallest absolute Gasteiger partial charge is 0.317 e. The van der Waals surface area contributed by atoms with Crippen LogP contribution in [-0.4, -0.2) is 50.1 Å². The molecule has 3 rings (SSSR count). The minimum absolute atomic E-state index is 0.0177. The number of piperidine rings is 1. The van der Waals surface area contributed by atoms with Crippen LogP contribution in [0.3, 0.4) is 0 Å². The number of aryl methyl sites for hydroxylation is 1. The summed E-state index contributed by atoms with van der Waals surface area (Å²) in [6.07, 6.45) is 1.16. The van der Waals surface area contributed by atoms with Gasteiger partial charge in [0.2, 0.25) is 0 Å². The molecule has 2 aromatic rings. The molecule has 0 bridgehead atoms. The lowest BCUT2D eigenvalue weighted by atomic mass is 10.1. The van der Waals surface area contributed by atoms with Gasteiger partial charge in [0, 0.05) is 23.8 Å². The number of carboxylic acids is 1. The molecule has 0 aliphatic carbocycles. The predicted molar refractivity (Wildman–Crippen MR) is 98.7 cm³/mol. The maximum absolute atomic E-state index is 12.8. The molecule has 1 aromatic heterocycles. The molecule has 138 valence electrons. The van der Waals surface area contributed by atoms with Crippen LogP contribution in [0.15, 0.2) is 22.4 Å². The van der Waals surface area contributed by atoms with E-state index in [1.165, 1.54) is 11.3 Å². The lowest BCUT2D eigenvalue weighted by Crippen LogP contribution is -2.45. The average Bonchev–Trinajstić information content (AvgIpc) is 2.93. The van der Waals surface area contributed by atoms with E-state index in [-0.39, 0.29) is 16.8 Å². The summed E-state index contributed by atoms with van der Waals surface area (Å²) in [5, 5.41) is 18.6. The number of rotatable bonds is 5. The highest BCUT2D eigenvalue weighted by Gasteiger charge is 2.28. The van der Waals surface area contributed by atoms with Crippen molar-refractivity contribution in [3.8, 4) is 6.07 Å². The van der Waals surface area contributed by atoms with E-state index in [2.05, 4.69) is 10.8 Å². The third-order valence-corrected chi connectivity index (χ3v) is 7.95. The molecule has 7 nitrogen and oxygen atoms in total. The molecular weight excluding hydrogens is 374 g/mol. The molecule has 0 amide bonds. The Bertz CT molecular complexity index is 983. The first kappa shape index (κ1) is 18.8. The first-order chi connectivity index (χ1) is 12.3. The average molecular weight is 393 g/mol. The molecule has 1 aliphatic heterocycles. The molecule has 1 aliphatic rings. The van der Waals surface area contributed by atoms with Crippen molar-refractivity contribution in [3.05, 3.63) is 29.3 Å². The Balaban J connectivity index is 1.77. The Morgan fingerprint density at radius 2 is 2.12 bits per heavy atom. The van der Waals surface area contributed by atoms with E-state index in [1.54, 1.807) is 30.0 Å². The minimum Gasteiger partial charge on any atom is -0.480 e. The standard InChI is InChI=1S/C17H19N3O4S2/c1-11-14-8-12(9-18)2-3-15(14)25-17(11)26(23,24)19-13-4-6-20(7-5-13)10-16(21)22/h2-3,8,13,19H,4-7,10H2,1H3,(H,21,22). The van der Waals surface area contributed by atoms with Crippen molar-refractivity contribution in [1.29, 1.82) is 5.26 Å². The number of thiophene rings is 1. The molecular formula is C17H19N3O4S2. The fourth-order valence-corrected chi connectivity index (χ4v) is 6.27. The minimum atomic E-state index is -3.66. The summed E-state index contributed by atoms with van der Waals surface area (Å²) in [5.74, 6) is -0.873. The highest BCUT2D eigenvalue weighted by molar-refractivity contribution is 7.91. The van der Waals surface area contributed by atoms with Gasteiger partial charge in [-0.25, -0.2) is 13.1 Å². The van der Waals surface area contributed by atoms with Crippen LogP contribution in [0.4, 0.5) is 0 Å². The summed E-state index contributed by atoms with van der Waals surface area (Å²) >= 11 is 1.20. The number of hydrogen-bond donors (Lipinski definition) is 2. The summed E-state index contributed by atoms with van der Waals surface area (Å²) in [6, 6.07) is 7.03. The van der Waals surface area contributed by atoms with Gasteiger partial charge in [0.1, 0.15) is 4.21 Å². The second-order valence-electron chi connectivity index (χ2n) is 6.40. The van der Waals surface area contributed by atoms with Crippen LogP contribution in [0, 0.1) is 18.3 Å². The van der Waals surface area contributed by atoms with Crippen molar-refractivity contribution >= 4 is 37.4 Å². The molecule has 9 heteroatoms. The fraction of sp³-hybridized carbons (Fsp3) is 0.412. The van der Waals surface area contributed by atoms with E-state index in [1.807, 2.05) is 0 Å². The van der Waals surface area contributed by atoms with Crippen molar-refractivity contribution < 1.29 is 18.3 Å². The first-order valence-electron chi connectivity index (χ1n) is 8.20. The van der Waals surface area contributed by atoms with Gasteiger partial charge in [-0.15, -0.1) is 11.3 Å². The van der Waals surface area contributed by atoms with Gasteiger partial charge in [-0.2, -0.15) is 5.26 Å². The van der Waals surface area contributed by atoms with Gasteiger partial charge in [-0.1, -0.05) is 0 Å². The second kappa shape index (κ2) is 7.32. The van der Waals surface area contributed by atoms with E-state index in [9.17, 15) is 13.2 Å². The van der Waals surface area contributed by atoms with Gasteiger partial charge in [0.15, 0.2) is 0 Å². The number of nitrogens with zero attached hydrogens (tertiary/aromatic N) is 2. The zero-order valence-corrected chi connectivity index (χ0v) is 15.9. The summed E-state index contributed by atoms with van der Waals surface area (Å²) in [6.45, 7) is 2.84. The molecule has 0 atom stereocenters. The summed E-state index contributed by atoms with van der Waals surface area (Å²) < 4.78 is 29.5. The highest BCUT2D eigenvalue weighted by atomic mass is 32.2.